The van der Waals surface area contributed by atoms with Gasteiger partial charge in [-0.2, -0.15) is 0 Å². The molecular weight excluding hydrogens is 893 g/mol. The number of esters is 1. The molecule has 2 bridgehead atoms. The standard InChI is InChI=1S/C49H78O19/c1-21(2)22(3)36-40(62-23(4)52)47(9,59)39-24-10-11-29-45(7)14-13-30(44(5,6)28(45)12-15-46(29,8)48(24)19-49(39,68-36)61-20-48)65-43-38(67-41-34(57)32(55)27(17-51)64-41)37(25(53)18-60-43)66-42-35(58)33(56)31(54)26(16-50)63-42/h22,24-43,50-51,53-59H,1,10-20H2,2-9H3/t22-,24?,25+,26-,27+,28?,29?,30+,31-,32+,33+,34-,35-,36-,37+,38-,39?,40-,41+,42+,43+,45+,46-,47-,48+,49+/m1/s1. The lowest BCUT2D eigenvalue weighted by Gasteiger charge is -2.70. The molecule has 9 rings (SSSR count). The predicted octanol–water partition coefficient (Wildman–Crippen LogP) is 0.393. The first-order valence-electron chi connectivity index (χ1n) is 24.9. The Labute approximate surface area is 398 Å². The average molecular weight is 971 g/mol. The minimum atomic E-state index is -1.81. The smallest absolute Gasteiger partial charge is 0.303 e. The van der Waals surface area contributed by atoms with Crippen LogP contribution in [0.25, 0.3) is 0 Å². The second kappa shape index (κ2) is 17.9. The minimum Gasteiger partial charge on any atom is -0.457 e. The maximum Gasteiger partial charge on any atom is 0.303 e. The van der Waals surface area contributed by atoms with Crippen molar-refractivity contribution in [1.82, 2.24) is 0 Å². The summed E-state index contributed by atoms with van der Waals surface area (Å²) in [7, 11) is 0. The van der Waals surface area contributed by atoms with Crippen LogP contribution in [0.1, 0.15) is 100 Å². The fraction of sp³-hybridized carbons (Fsp3) is 0.939. The summed E-state index contributed by atoms with van der Waals surface area (Å²) in [5.41, 5.74) is -1.73. The summed E-state index contributed by atoms with van der Waals surface area (Å²) in [6, 6.07) is 0. The van der Waals surface area contributed by atoms with E-state index < -0.39 is 140 Å². The molecule has 19 heteroatoms. The highest BCUT2D eigenvalue weighted by atomic mass is 16.8. The normalized spacial score (nSPS) is 55.4. The molecule has 5 heterocycles. The van der Waals surface area contributed by atoms with Crippen LogP contribution in [0, 0.1) is 51.2 Å². The van der Waals surface area contributed by atoms with E-state index in [1.807, 2.05) is 13.8 Å². The van der Waals surface area contributed by atoms with Crippen molar-refractivity contribution in [3.8, 4) is 0 Å². The van der Waals surface area contributed by atoms with Crippen molar-refractivity contribution in [2.45, 2.75) is 210 Å². The lowest BCUT2D eigenvalue weighted by Crippen LogP contribution is -2.71. The molecule has 26 atom stereocenters. The lowest BCUT2D eigenvalue weighted by atomic mass is 9.35. The molecule has 9 fully saturated rings. The molecule has 4 aliphatic carbocycles. The number of aliphatic hydroxyl groups excluding tert-OH is 8. The van der Waals surface area contributed by atoms with Gasteiger partial charge in [0.1, 0.15) is 72.7 Å². The number of carbonyl (C=O) groups excluding carboxylic acids is 1. The van der Waals surface area contributed by atoms with Crippen LogP contribution in [0.15, 0.2) is 12.2 Å². The fourth-order valence-electron chi connectivity index (χ4n) is 16.1. The zero-order valence-corrected chi connectivity index (χ0v) is 40.7. The van der Waals surface area contributed by atoms with Crippen molar-refractivity contribution >= 4 is 5.97 Å². The number of fused-ring (bicyclic) bond motifs is 4. The van der Waals surface area contributed by atoms with Gasteiger partial charge in [0.2, 0.25) is 0 Å². The number of aliphatic hydroxyl groups is 9. The Morgan fingerprint density at radius 2 is 1.38 bits per heavy atom. The van der Waals surface area contributed by atoms with Crippen LogP contribution in [0.5, 0.6) is 0 Å². The van der Waals surface area contributed by atoms with E-state index in [1.165, 1.54) is 6.92 Å². The van der Waals surface area contributed by atoms with Crippen molar-refractivity contribution in [1.29, 1.82) is 0 Å². The summed E-state index contributed by atoms with van der Waals surface area (Å²) in [6.45, 7) is 19.4. The van der Waals surface area contributed by atoms with E-state index >= 15 is 0 Å². The second-order valence-corrected chi connectivity index (χ2v) is 23.5. The third kappa shape index (κ3) is 7.57. The Hall–Kier alpha value is -1.47. The summed E-state index contributed by atoms with van der Waals surface area (Å²) >= 11 is 0. The molecule has 388 valence electrons. The molecule has 0 aromatic carbocycles. The molecule has 19 nitrogen and oxygen atoms in total. The van der Waals surface area contributed by atoms with Crippen molar-refractivity contribution in [3.05, 3.63) is 12.2 Å². The van der Waals surface area contributed by atoms with Gasteiger partial charge in [-0.3, -0.25) is 4.79 Å². The van der Waals surface area contributed by atoms with E-state index in [4.69, 9.17) is 42.6 Å². The van der Waals surface area contributed by atoms with Crippen molar-refractivity contribution in [2.24, 2.45) is 51.2 Å². The first-order chi connectivity index (χ1) is 31.8. The summed E-state index contributed by atoms with van der Waals surface area (Å²) in [6.07, 6.45) is -16.1. The van der Waals surface area contributed by atoms with Crippen LogP contribution in [0.3, 0.4) is 0 Å². The number of ether oxygens (including phenoxy) is 9. The van der Waals surface area contributed by atoms with E-state index in [-0.39, 0.29) is 46.5 Å². The number of carbonyl (C=O) groups is 1. The van der Waals surface area contributed by atoms with Crippen LogP contribution in [0.4, 0.5) is 0 Å². The summed E-state index contributed by atoms with van der Waals surface area (Å²) in [4.78, 5) is 12.6. The Kier molecular flexibility index (Phi) is 13.5. The van der Waals surface area contributed by atoms with E-state index in [0.717, 1.165) is 37.7 Å². The van der Waals surface area contributed by atoms with Gasteiger partial charge < -0.3 is 88.6 Å². The Bertz CT molecular complexity index is 1880. The van der Waals surface area contributed by atoms with Crippen molar-refractivity contribution < 1.29 is 93.4 Å². The highest BCUT2D eigenvalue weighted by Gasteiger charge is 2.82. The van der Waals surface area contributed by atoms with Gasteiger partial charge in [0.15, 0.2) is 30.8 Å². The summed E-state index contributed by atoms with van der Waals surface area (Å²) < 4.78 is 56.9. The SMILES string of the molecule is C=C(C)[C@@H](C)[C@H]1O[C@]23C[C@]4(CO2)C(CCC2[C@@]5(C)CC[C@H](O[C@@H]6OC[C@H](O)[C@H](O[C@@H]7O[C@H](CO)[C@@H](O)[C@H](O)[C@H]7O)[C@H]6O[C@@H]6O[C@@H](CO)[C@H](O)[C@H]6O)C(C)(C)C5CC[C@]24C)C3[C@@](C)(O)[C@@H]1OC(C)=O. The zero-order valence-electron chi connectivity index (χ0n) is 40.7. The number of hydrogen-bond acceptors (Lipinski definition) is 19. The lowest BCUT2D eigenvalue weighted by molar-refractivity contribution is -0.378. The highest BCUT2D eigenvalue weighted by Crippen LogP contribution is 2.80. The molecule has 0 radical (unpaired) electrons. The van der Waals surface area contributed by atoms with E-state index in [0.29, 0.717) is 19.4 Å². The second-order valence-electron chi connectivity index (χ2n) is 23.5. The third-order valence-corrected chi connectivity index (χ3v) is 19.6. The maximum atomic E-state index is 12.8. The van der Waals surface area contributed by atoms with E-state index in [9.17, 15) is 50.8 Å². The van der Waals surface area contributed by atoms with Gasteiger partial charge in [-0.15, -0.1) is 0 Å². The van der Waals surface area contributed by atoms with Crippen LogP contribution >= 0.6 is 0 Å². The first kappa shape index (κ1) is 51.4. The first-order valence-corrected chi connectivity index (χ1v) is 24.9. The van der Waals surface area contributed by atoms with Crippen LogP contribution < -0.4 is 0 Å². The Morgan fingerprint density at radius 3 is 2.00 bits per heavy atom. The molecule has 0 amide bonds. The van der Waals surface area contributed by atoms with Gasteiger partial charge in [-0.1, -0.05) is 46.8 Å². The van der Waals surface area contributed by atoms with Gasteiger partial charge in [0.25, 0.3) is 0 Å². The molecule has 9 aliphatic rings. The quantitative estimate of drug-likeness (QED) is 0.0770. The van der Waals surface area contributed by atoms with E-state index in [1.54, 1.807) is 6.92 Å². The average Bonchev–Trinajstić information content (AvgIpc) is 3.90. The molecule has 5 saturated heterocycles. The summed E-state index contributed by atoms with van der Waals surface area (Å²) in [5, 5.41) is 97.5. The predicted molar refractivity (Wildman–Crippen MR) is 234 cm³/mol. The molecule has 4 saturated carbocycles. The van der Waals surface area contributed by atoms with Gasteiger partial charge >= 0.3 is 5.97 Å². The van der Waals surface area contributed by atoms with Crippen LogP contribution in [-0.4, -0.2) is 188 Å². The monoisotopic (exact) mass is 971 g/mol. The topological polar surface area (TPSA) is 282 Å². The highest BCUT2D eigenvalue weighted by molar-refractivity contribution is 5.66. The third-order valence-electron chi connectivity index (χ3n) is 19.6. The van der Waals surface area contributed by atoms with Crippen LogP contribution in [0.2, 0.25) is 0 Å². The Morgan fingerprint density at radius 1 is 0.765 bits per heavy atom. The minimum absolute atomic E-state index is 0.0597. The fourth-order valence-corrected chi connectivity index (χ4v) is 16.1. The molecule has 9 N–H and O–H groups in total. The number of rotatable bonds is 11. The van der Waals surface area contributed by atoms with Gasteiger partial charge in [0, 0.05) is 30.6 Å². The molecule has 0 aromatic heterocycles. The largest absolute Gasteiger partial charge is 0.457 e. The van der Waals surface area contributed by atoms with Gasteiger partial charge in [0.05, 0.1) is 32.5 Å². The van der Waals surface area contributed by atoms with Crippen molar-refractivity contribution in [2.75, 3.05) is 26.4 Å². The molecular formula is C49H78O19. The molecule has 0 aromatic rings. The number of hydrogen-bond donors (Lipinski definition) is 9. The summed E-state index contributed by atoms with van der Waals surface area (Å²) in [5.74, 6) is -1.69. The van der Waals surface area contributed by atoms with Gasteiger partial charge in [-0.05, 0) is 86.4 Å². The molecule has 2 spiro atoms. The molecule has 68 heavy (non-hydrogen) atoms. The van der Waals surface area contributed by atoms with Gasteiger partial charge in [-0.25, -0.2) is 0 Å². The molecule has 5 aliphatic heterocycles. The maximum absolute atomic E-state index is 12.8. The zero-order chi connectivity index (χ0) is 49.4. The Balaban J connectivity index is 0.978. The van der Waals surface area contributed by atoms with Crippen LogP contribution in [-0.2, 0) is 47.4 Å². The molecule has 4 unspecified atom stereocenters. The van der Waals surface area contributed by atoms with Crippen molar-refractivity contribution in [3.63, 3.8) is 0 Å². The van der Waals surface area contributed by atoms with E-state index in [2.05, 4.69) is 34.3 Å².